The number of hydrogen-bond acceptors (Lipinski definition) is 4. The SMILES string of the molecule is CCOc1ccc(C(=O)NC[C@]2(C)C[C@@H](NC(=O)c3ccc(OCC)cc3)CC(C)(C)C2)cc1. The van der Waals surface area contributed by atoms with Gasteiger partial charge in [-0.3, -0.25) is 9.59 Å². The van der Waals surface area contributed by atoms with Gasteiger partial charge in [-0.2, -0.15) is 0 Å². The molecule has 2 amide bonds. The second kappa shape index (κ2) is 10.9. The summed E-state index contributed by atoms with van der Waals surface area (Å²) in [6.07, 6.45) is 2.68. The van der Waals surface area contributed by atoms with Crippen LogP contribution in [0.3, 0.4) is 0 Å². The molecular weight excluding hydrogens is 428 g/mol. The number of nitrogens with one attached hydrogen (secondary N) is 2. The van der Waals surface area contributed by atoms with Crippen LogP contribution in [-0.2, 0) is 0 Å². The lowest BCUT2D eigenvalue weighted by Gasteiger charge is -2.47. The number of rotatable bonds is 9. The van der Waals surface area contributed by atoms with Crippen LogP contribution in [0.4, 0.5) is 0 Å². The molecular formula is C28H38N2O4. The first-order valence-corrected chi connectivity index (χ1v) is 12.2. The molecule has 1 aliphatic carbocycles. The highest BCUT2D eigenvalue weighted by Crippen LogP contribution is 2.45. The monoisotopic (exact) mass is 466 g/mol. The van der Waals surface area contributed by atoms with Crippen LogP contribution < -0.4 is 20.1 Å². The van der Waals surface area contributed by atoms with Crippen LogP contribution in [0.5, 0.6) is 11.5 Å². The average Bonchev–Trinajstić information content (AvgIpc) is 2.77. The zero-order valence-electron chi connectivity index (χ0n) is 21.1. The molecule has 0 unspecified atom stereocenters. The molecule has 0 bridgehead atoms. The van der Waals surface area contributed by atoms with Crippen molar-refractivity contribution in [3.8, 4) is 11.5 Å². The van der Waals surface area contributed by atoms with Crippen LogP contribution in [0.15, 0.2) is 48.5 Å². The van der Waals surface area contributed by atoms with Gasteiger partial charge in [0.2, 0.25) is 0 Å². The third kappa shape index (κ3) is 6.99. The van der Waals surface area contributed by atoms with Gasteiger partial charge in [0, 0.05) is 23.7 Å². The predicted molar refractivity (Wildman–Crippen MR) is 135 cm³/mol. The fraction of sp³-hybridized carbons (Fsp3) is 0.500. The summed E-state index contributed by atoms with van der Waals surface area (Å²) in [5.74, 6) is 1.34. The molecule has 0 aliphatic heterocycles. The van der Waals surface area contributed by atoms with E-state index in [1.54, 1.807) is 24.3 Å². The Balaban J connectivity index is 1.61. The average molecular weight is 467 g/mol. The smallest absolute Gasteiger partial charge is 0.251 e. The molecule has 2 atom stereocenters. The molecule has 1 aliphatic rings. The van der Waals surface area contributed by atoms with Crippen LogP contribution in [0.1, 0.15) is 74.6 Å². The van der Waals surface area contributed by atoms with Gasteiger partial charge in [0.05, 0.1) is 13.2 Å². The molecule has 0 radical (unpaired) electrons. The van der Waals surface area contributed by atoms with E-state index >= 15 is 0 Å². The maximum Gasteiger partial charge on any atom is 0.251 e. The second-order valence-corrected chi connectivity index (χ2v) is 10.3. The molecule has 0 aromatic heterocycles. The van der Waals surface area contributed by atoms with E-state index in [0.29, 0.717) is 30.9 Å². The Labute approximate surface area is 203 Å². The zero-order chi connectivity index (χ0) is 24.8. The topological polar surface area (TPSA) is 76.7 Å². The minimum Gasteiger partial charge on any atom is -0.494 e. The lowest BCUT2D eigenvalue weighted by molar-refractivity contribution is 0.0592. The second-order valence-electron chi connectivity index (χ2n) is 10.3. The molecule has 0 spiro atoms. The van der Waals surface area contributed by atoms with Gasteiger partial charge >= 0.3 is 0 Å². The third-order valence-corrected chi connectivity index (χ3v) is 6.31. The molecule has 2 N–H and O–H groups in total. The van der Waals surface area contributed by atoms with E-state index in [-0.39, 0.29) is 28.7 Å². The van der Waals surface area contributed by atoms with Crippen molar-refractivity contribution < 1.29 is 19.1 Å². The van der Waals surface area contributed by atoms with Crippen molar-refractivity contribution in [1.29, 1.82) is 0 Å². The number of carbonyl (C=O) groups excluding carboxylic acids is 2. The van der Waals surface area contributed by atoms with E-state index in [9.17, 15) is 9.59 Å². The summed E-state index contributed by atoms with van der Waals surface area (Å²) in [5, 5.41) is 6.34. The van der Waals surface area contributed by atoms with Gasteiger partial charge in [0.1, 0.15) is 11.5 Å². The molecule has 1 fully saturated rings. The van der Waals surface area contributed by atoms with Crippen molar-refractivity contribution in [2.75, 3.05) is 19.8 Å². The highest BCUT2D eigenvalue weighted by atomic mass is 16.5. The third-order valence-electron chi connectivity index (χ3n) is 6.31. The molecule has 34 heavy (non-hydrogen) atoms. The predicted octanol–water partition coefficient (Wildman–Crippen LogP) is 5.23. The fourth-order valence-electron chi connectivity index (χ4n) is 5.27. The van der Waals surface area contributed by atoms with E-state index < -0.39 is 0 Å². The first-order valence-electron chi connectivity index (χ1n) is 12.2. The zero-order valence-corrected chi connectivity index (χ0v) is 21.1. The summed E-state index contributed by atoms with van der Waals surface area (Å²) in [7, 11) is 0. The minimum absolute atomic E-state index is 0.0372. The summed E-state index contributed by atoms with van der Waals surface area (Å²) in [4.78, 5) is 25.6. The van der Waals surface area contributed by atoms with Crippen LogP contribution in [-0.4, -0.2) is 37.6 Å². The largest absolute Gasteiger partial charge is 0.494 e. The van der Waals surface area contributed by atoms with E-state index in [1.807, 2.05) is 38.1 Å². The van der Waals surface area contributed by atoms with Crippen LogP contribution >= 0.6 is 0 Å². The van der Waals surface area contributed by atoms with E-state index in [0.717, 1.165) is 30.8 Å². The highest BCUT2D eigenvalue weighted by molar-refractivity contribution is 5.95. The lowest BCUT2D eigenvalue weighted by Crippen LogP contribution is -2.50. The van der Waals surface area contributed by atoms with Crippen molar-refractivity contribution in [2.45, 2.75) is 59.9 Å². The van der Waals surface area contributed by atoms with Gasteiger partial charge in [0.25, 0.3) is 11.8 Å². The fourth-order valence-corrected chi connectivity index (χ4v) is 5.27. The van der Waals surface area contributed by atoms with Gasteiger partial charge in [-0.05, 0) is 92.5 Å². The maximum atomic E-state index is 12.9. The number of benzene rings is 2. The summed E-state index contributed by atoms with van der Waals surface area (Å²) in [5.41, 5.74) is 1.16. The summed E-state index contributed by atoms with van der Waals surface area (Å²) < 4.78 is 10.9. The summed E-state index contributed by atoms with van der Waals surface area (Å²) >= 11 is 0. The van der Waals surface area contributed by atoms with Crippen molar-refractivity contribution in [3.05, 3.63) is 59.7 Å². The first-order chi connectivity index (χ1) is 16.1. The molecule has 2 aromatic rings. The van der Waals surface area contributed by atoms with Crippen molar-refractivity contribution >= 4 is 11.8 Å². The minimum atomic E-state index is -0.126. The Bertz CT molecular complexity index is 969. The Kier molecular flexibility index (Phi) is 8.24. The number of amides is 2. The Morgan fingerprint density at radius 2 is 1.32 bits per heavy atom. The maximum absolute atomic E-state index is 12.9. The number of ether oxygens (including phenoxy) is 2. The lowest BCUT2D eigenvalue weighted by atomic mass is 9.62. The Morgan fingerprint density at radius 3 is 1.82 bits per heavy atom. The van der Waals surface area contributed by atoms with Crippen LogP contribution in [0.25, 0.3) is 0 Å². The van der Waals surface area contributed by atoms with Gasteiger partial charge in [-0.1, -0.05) is 20.8 Å². The standard InChI is InChI=1S/C28H38N2O4/c1-6-33-23-12-8-20(9-13-23)25(31)29-19-28(5)17-22(16-27(3,4)18-28)30-26(32)21-10-14-24(15-11-21)34-7-2/h8-15,22H,6-7,16-19H2,1-5H3,(H,29,31)(H,30,32)/t22-,28+/m0/s1. The Morgan fingerprint density at radius 1 is 0.824 bits per heavy atom. The van der Waals surface area contributed by atoms with E-state index in [2.05, 4.69) is 31.4 Å². The first kappa shape index (κ1) is 25.6. The van der Waals surface area contributed by atoms with Crippen LogP contribution in [0, 0.1) is 10.8 Å². The Hall–Kier alpha value is -3.02. The van der Waals surface area contributed by atoms with Crippen molar-refractivity contribution in [2.24, 2.45) is 10.8 Å². The molecule has 3 rings (SSSR count). The molecule has 2 aromatic carbocycles. The normalized spacial score (nSPS) is 21.4. The van der Waals surface area contributed by atoms with Crippen molar-refractivity contribution in [3.63, 3.8) is 0 Å². The molecule has 6 nitrogen and oxygen atoms in total. The number of hydrogen-bond donors (Lipinski definition) is 2. The highest BCUT2D eigenvalue weighted by Gasteiger charge is 2.42. The van der Waals surface area contributed by atoms with Gasteiger partial charge in [0.15, 0.2) is 0 Å². The molecule has 184 valence electrons. The summed E-state index contributed by atoms with van der Waals surface area (Å²) in [6, 6.07) is 14.5. The van der Waals surface area contributed by atoms with Crippen molar-refractivity contribution in [1.82, 2.24) is 10.6 Å². The summed E-state index contributed by atoms with van der Waals surface area (Å²) in [6.45, 7) is 12.3. The molecule has 6 heteroatoms. The van der Waals surface area contributed by atoms with E-state index in [4.69, 9.17) is 9.47 Å². The van der Waals surface area contributed by atoms with Gasteiger partial charge in [-0.25, -0.2) is 0 Å². The quantitative estimate of drug-likeness (QED) is 0.531. The molecule has 0 saturated heterocycles. The number of carbonyl (C=O) groups is 2. The van der Waals surface area contributed by atoms with Gasteiger partial charge in [-0.15, -0.1) is 0 Å². The molecule has 0 heterocycles. The van der Waals surface area contributed by atoms with Crippen LogP contribution in [0.2, 0.25) is 0 Å². The van der Waals surface area contributed by atoms with Gasteiger partial charge < -0.3 is 20.1 Å². The molecule has 1 saturated carbocycles. The van der Waals surface area contributed by atoms with E-state index in [1.165, 1.54) is 0 Å².